The number of allylic oxidation sites excluding steroid dienone is 4. The Hall–Kier alpha value is -0.343. The van der Waals surface area contributed by atoms with Crippen LogP contribution in [-0.4, -0.2) is 21.1 Å². The maximum Gasteiger partial charge on any atom is 0.0656 e. The summed E-state index contributed by atoms with van der Waals surface area (Å²) in [4.78, 5) is 0. The van der Waals surface area contributed by atoms with Gasteiger partial charge in [0, 0.05) is 12.3 Å². The summed E-state index contributed by atoms with van der Waals surface area (Å²) in [5.41, 5.74) is 2.08. The van der Waals surface area contributed by atoms with Gasteiger partial charge in [0.1, 0.15) is 0 Å². The van der Waals surface area contributed by atoms with Crippen molar-refractivity contribution in [2.75, 3.05) is 6.61 Å². The molecule has 0 fully saturated rings. The highest BCUT2D eigenvalue weighted by Gasteiger charge is 2.15. The number of hydrogen-bond acceptors (Lipinski definition) is 1. The van der Waals surface area contributed by atoms with Crippen molar-refractivity contribution >= 4 is 8.80 Å². The Morgan fingerprint density at radius 2 is 2.27 bits per heavy atom. The zero-order valence-electron chi connectivity index (χ0n) is 10.3. The van der Waals surface area contributed by atoms with E-state index in [1.807, 2.05) is 0 Å². The molecule has 0 bridgehead atoms. The second-order valence-electron chi connectivity index (χ2n) is 4.61. The molecule has 0 aromatic heterocycles. The Kier molecular flexibility index (Phi) is 5.95. The summed E-state index contributed by atoms with van der Waals surface area (Å²) in [6.07, 6.45) is 11.5. The van der Waals surface area contributed by atoms with Gasteiger partial charge in [0.2, 0.25) is 0 Å². The van der Waals surface area contributed by atoms with Crippen LogP contribution in [0.3, 0.4) is 0 Å². The zero-order valence-corrected chi connectivity index (χ0v) is 11.5. The van der Waals surface area contributed by atoms with E-state index in [2.05, 4.69) is 38.2 Å². The van der Waals surface area contributed by atoms with Gasteiger partial charge in [-0.25, -0.2) is 0 Å². The van der Waals surface area contributed by atoms with Gasteiger partial charge < -0.3 is 4.74 Å². The van der Waals surface area contributed by atoms with Crippen molar-refractivity contribution in [1.29, 1.82) is 0 Å². The van der Waals surface area contributed by atoms with Crippen molar-refractivity contribution in [3.63, 3.8) is 0 Å². The maximum absolute atomic E-state index is 5.92. The van der Waals surface area contributed by atoms with Crippen LogP contribution in [0, 0.1) is 0 Å². The van der Waals surface area contributed by atoms with E-state index in [9.17, 15) is 0 Å². The lowest BCUT2D eigenvalue weighted by Gasteiger charge is -2.20. The van der Waals surface area contributed by atoms with Crippen LogP contribution in [0.2, 0.25) is 13.1 Å². The van der Waals surface area contributed by atoms with Crippen LogP contribution in [0.25, 0.3) is 0 Å². The van der Waals surface area contributed by atoms with Crippen LogP contribution < -0.4 is 0 Å². The summed E-state index contributed by atoms with van der Waals surface area (Å²) >= 11 is 0. The van der Waals surface area contributed by atoms with Crippen molar-refractivity contribution in [3.05, 3.63) is 23.8 Å². The molecule has 2 heteroatoms. The van der Waals surface area contributed by atoms with Crippen LogP contribution >= 0.6 is 0 Å². The fourth-order valence-electron chi connectivity index (χ4n) is 1.88. The van der Waals surface area contributed by atoms with Gasteiger partial charge in [-0.15, -0.1) is 0 Å². The molecule has 0 amide bonds. The molecule has 0 saturated carbocycles. The van der Waals surface area contributed by atoms with Crippen molar-refractivity contribution in [2.45, 2.75) is 51.4 Å². The Morgan fingerprint density at radius 3 is 2.80 bits per heavy atom. The summed E-state index contributed by atoms with van der Waals surface area (Å²) in [6.45, 7) is 7.89. The molecule has 1 aliphatic rings. The smallest absolute Gasteiger partial charge is 0.0656 e. The van der Waals surface area contributed by atoms with Crippen LogP contribution in [0.4, 0.5) is 0 Å². The molecular weight excluding hydrogens is 200 g/mol. The number of ether oxygens (including phenoxy) is 1. The summed E-state index contributed by atoms with van der Waals surface area (Å²) < 4.78 is 5.92. The molecule has 0 aromatic carbocycles. The molecule has 1 nitrogen and oxygen atoms in total. The van der Waals surface area contributed by atoms with E-state index >= 15 is 0 Å². The van der Waals surface area contributed by atoms with Crippen molar-refractivity contribution in [3.8, 4) is 0 Å². The van der Waals surface area contributed by atoms with Crippen LogP contribution in [0.1, 0.15) is 32.6 Å². The lowest BCUT2D eigenvalue weighted by atomic mass is 10.1. The zero-order chi connectivity index (χ0) is 11.1. The lowest BCUT2D eigenvalue weighted by Crippen LogP contribution is -2.28. The predicted octanol–water partition coefficient (Wildman–Crippen LogP) is 3.47. The minimum absolute atomic E-state index is 0.569. The minimum atomic E-state index is -0.651. The van der Waals surface area contributed by atoms with E-state index in [0.717, 1.165) is 19.4 Å². The maximum atomic E-state index is 5.92. The third-order valence-electron chi connectivity index (χ3n) is 2.85. The summed E-state index contributed by atoms with van der Waals surface area (Å²) in [5.74, 6) is 0. The molecule has 0 heterocycles. The second-order valence-corrected chi connectivity index (χ2v) is 7.84. The van der Waals surface area contributed by atoms with Gasteiger partial charge in [-0.1, -0.05) is 43.8 Å². The molecular formula is C13H24OSi. The molecule has 0 aliphatic heterocycles. The van der Waals surface area contributed by atoms with Crippen LogP contribution in [0.15, 0.2) is 23.8 Å². The Labute approximate surface area is 95.8 Å². The van der Waals surface area contributed by atoms with Gasteiger partial charge in [0.05, 0.1) is 8.80 Å². The first-order valence-corrected chi connectivity index (χ1v) is 9.18. The molecule has 0 saturated heterocycles. The van der Waals surface area contributed by atoms with E-state index in [1.165, 1.54) is 18.4 Å². The number of rotatable bonds is 7. The van der Waals surface area contributed by atoms with Gasteiger partial charge >= 0.3 is 0 Å². The van der Waals surface area contributed by atoms with E-state index < -0.39 is 8.80 Å². The average molecular weight is 224 g/mol. The first kappa shape index (κ1) is 12.7. The molecule has 1 rings (SSSR count). The van der Waals surface area contributed by atoms with Crippen LogP contribution in [-0.2, 0) is 4.74 Å². The molecule has 0 aromatic rings. The largest absolute Gasteiger partial charge is 0.382 e. The van der Waals surface area contributed by atoms with Crippen LogP contribution in [0.5, 0.6) is 0 Å². The average Bonchev–Trinajstić information content (AvgIpc) is 2.70. The molecule has 1 atom stereocenters. The van der Waals surface area contributed by atoms with Crippen molar-refractivity contribution in [1.82, 2.24) is 0 Å². The molecule has 1 aliphatic carbocycles. The quantitative estimate of drug-likeness (QED) is 0.602. The Bertz CT molecular complexity index is 231. The summed E-state index contributed by atoms with van der Waals surface area (Å²) in [5, 5.41) is 0. The van der Waals surface area contributed by atoms with Crippen molar-refractivity contribution < 1.29 is 4.74 Å². The third kappa shape index (κ3) is 4.80. The molecule has 15 heavy (non-hydrogen) atoms. The Balaban J connectivity index is 2.27. The predicted molar refractivity (Wildman–Crippen MR) is 70.0 cm³/mol. The van der Waals surface area contributed by atoms with Gasteiger partial charge in [0.15, 0.2) is 0 Å². The fourth-order valence-corrected chi connectivity index (χ4v) is 3.23. The van der Waals surface area contributed by atoms with Gasteiger partial charge in [-0.3, -0.25) is 0 Å². The van der Waals surface area contributed by atoms with Gasteiger partial charge in [-0.05, 0) is 25.7 Å². The normalized spacial score (nSPS) is 17.2. The summed E-state index contributed by atoms with van der Waals surface area (Å²) in [6, 6.07) is 0. The van der Waals surface area contributed by atoms with Gasteiger partial charge in [0.25, 0.3) is 0 Å². The molecule has 0 N–H and O–H groups in total. The van der Waals surface area contributed by atoms with E-state index in [1.54, 1.807) is 0 Å². The first-order valence-electron chi connectivity index (χ1n) is 6.21. The fraction of sp³-hybridized carbons (Fsp3) is 0.692. The van der Waals surface area contributed by atoms with E-state index in [-0.39, 0.29) is 0 Å². The van der Waals surface area contributed by atoms with Crippen molar-refractivity contribution in [2.24, 2.45) is 0 Å². The monoisotopic (exact) mass is 224 g/mol. The number of hydrogen-bond donors (Lipinski definition) is 0. The molecule has 1 unspecified atom stereocenters. The van der Waals surface area contributed by atoms with Gasteiger partial charge in [-0.2, -0.15) is 0 Å². The highest BCUT2D eigenvalue weighted by atomic mass is 28.3. The second kappa shape index (κ2) is 7.02. The SMILES string of the molecule is CCCOC(CCC1=CCC=C1)[SiH](C)C. The highest BCUT2D eigenvalue weighted by Crippen LogP contribution is 2.18. The standard InChI is InChI=1S/C13H24OSi/c1-4-11-14-13(15(2)3)10-9-12-7-5-6-8-12/h5,7-8,13,15H,4,6,9-11H2,1-3H3. The first-order chi connectivity index (χ1) is 7.24. The third-order valence-corrected chi connectivity index (χ3v) is 4.86. The Morgan fingerprint density at radius 1 is 1.47 bits per heavy atom. The lowest BCUT2D eigenvalue weighted by molar-refractivity contribution is 0.0976. The van der Waals surface area contributed by atoms with E-state index in [4.69, 9.17) is 4.74 Å². The summed E-state index contributed by atoms with van der Waals surface area (Å²) in [7, 11) is -0.651. The topological polar surface area (TPSA) is 9.23 Å². The van der Waals surface area contributed by atoms with E-state index in [0.29, 0.717) is 5.73 Å². The molecule has 0 radical (unpaired) electrons. The molecule has 86 valence electrons. The molecule has 0 spiro atoms. The minimum Gasteiger partial charge on any atom is -0.382 e. The highest BCUT2D eigenvalue weighted by molar-refractivity contribution is 6.57.